The Morgan fingerprint density at radius 3 is 2.38 bits per heavy atom. The van der Waals surface area contributed by atoms with Gasteiger partial charge in [-0.25, -0.2) is 9.48 Å². The molecule has 1 amide bonds. The predicted molar refractivity (Wildman–Crippen MR) is 121 cm³/mol. The summed E-state index contributed by atoms with van der Waals surface area (Å²) in [6, 6.07) is 17.1. The number of aromatic nitrogens is 2. The predicted octanol–water partition coefficient (Wildman–Crippen LogP) is 3.51. The Balaban J connectivity index is 1.56. The normalized spacial score (nSPS) is 10.4. The fourth-order valence-electron chi connectivity index (χ4n) is 3.07. The topological polar surface area (TPSA) is 99.5 Å². The summed E-state index contributed by atoms with van der Waals surface area (Å²) in [4.78, 5) is 35.8. The molecule has 0 fully saturated rings. The molecule has 166 valence electrons. The lowest BCUT2D eigenvalue weighted by molar-refractivity contribution is -0.116. The van der Waals surface area contributed by atoms with Gasteiger partial charge in [0.2, 0.25) is 5.91 Å². The van der Waals surface area contributed by atoms with E-state index in [1.807, 2.05) is 31.2 Å². The van der Waals surface area contributed by atoms with Crippen LogP contribution in [0.5, 0.6) is 5.75 Å². The molecule has 0 saturated carbocycles. The number of esters is 1. The van der Waals surface area contributed by atoms with Gasteiger partial charge in [-0.15, -0.1) is 0 Å². The van der Waals surface area contributed by atoms with E-state index in [1.165, 1.54) is 17.9 Å². The van der Waals surface area contributed by atoms with E-state index in [4.69, 9.17) is 4.74 Å². The molecule has 1 aromatic heterocycles. The SMILES string of the molecule is CCOc1ccc(-c2ccc(=O)n(CCCC(=O)Nc3ccc(C(=O)OC)cc3)n2)cc1. The molecule has 0 aliphatic carbocycles. The standard InChI is InChI=1S/C24H25N3O5/c1-3-32-20-12-8-17(9-13-20)21-14-15-23(29)27(26-21)16-4-5-22(28)25-19-10-6-18(7-11-19)24(30)31-2/h6-15H,3-5,16H2,1-2H3,(H,25,28). The maximum atomic E-state index is 12.2. The lowest BCUT2D eigenvalue weighted by Crippen LogP contribution is -2.23. The summed E-state index contributed by atoms with van der Waals surface area (Å²) >= 11 is 0. The molecule has 3 rings (SSSR count). The average molecular weight is 435 g/mol. The Morgan fingerprint density at radius 1 is 1.00 bits per heavy atom. The van der Waals surface area contributed by atoms with E-state index in [0.29, 0.717) is 36.5 Å². The number of anilines is 1. The zero-order valence-electron chi connectivity index (χ0n) is 18.0. The summed E-state index contributed by atoms with van der Waals surface area (Å²) in [7, 11) is 1.31. The zero-order chi connectivity index (χ0) is 22.9. The van der Waals surface area contributed by atoms with Crippen LogP contribution in [0.1, 0.15) is 30.1 Å². The van der Waals surface area contributed by atoms with Crippen LogP contribution in [-0.4, -0.2) is 35.4 Å². The summed E-state index contributed by atoms with van der Waals surface area (Å²) in [5, 5.41) is 7.19. The summed E-state index contributed by atoms with van der Waals surface area (Å²) in [6.07, 6.45) is 0.672. The van der Waals surface area contributed by atoms with Gasteiger partial charge in [0.25, 0.3) is 5.56 Å². The molecule has 1 N–H and O–H groups in total. The van der Waals surface area contributed by atoms with Crippen molar-refractivity contribution in [1.29, 1.82) is 0 Å². The third kappa shape index (κ3) is 6.04. The Labute approximate surface area is 185 Å². The number of methoxy groups -OCH3 is 1. The fourth-order valence-corrected chi connectivity index (χ4v) is 3.07. The van der Waals surface area contributed by atoms with Crippen LogP contribution in [0.15, 0.2) is 65.5 Å². The van der Waals surface area contributed by atoms with Crippen molar-refractivity contribution in [3.05, 3.63) is 76.6 Å². The van der Waals surface area contributed by atoms with Gasteiger partial charge in [-0.3, -0.25) is 9.59 Å². The van der Waals surface area contributed by atoms with E-state index in [-0.39, 0.29) is 17.9 Å². The largest absolute Gasteiger partial charge is 0.494 e. The molecular formula is C24H25N3O5. The number of amides is 1. The van der Waals surface area contributed by atoms with Crippen molar-refractivity contribution >= 4 is 17.6 Å². The molecule has 2 aromatic carbocycles. The van der Waals surface area contributed by atoms with Crippen molar-refractivity contribution in [1.82, 2.24) is 9.78 Å². The highest BCUT2D eigenvalue weighted by molar-refractivity contribution is 5.93. The van der Waals surface area contributed by atoms with Gasteiger partial charge >= 0.3 is 5.97 Å². The second-order valence-electron chi connectivity index (χ2n) is 6.96. The number of rotatable bonds is 9. The third-order valence-electron chi connectivity index (χ3n) is 4.69. The summed E-state index contributed by atoms with van der Waals surface area (Å²) in [5.41, 5.74) is 2.30. The first-order valence-corrected chi connectivity index (χ1v) is 10.3. The van der Waals surface area contributed by atoms with Crippen molar-refractivity contribution in [2.45, 2.75) is 26.3 Å². The number of hydrogen-bond acceptors (Lipinski definition) is 6. The molecule has 0 spiro atoms. The molecule has 3 aromatic rings. The molecule has 0 saturated heterocycles. The van der Waals surface area contributed by atoms with Gasteiger partial charge in [-0.2, -0.15) is 5.10 Å². The minimum absolute atomic E-state index is 0.188. The van der Waals surface area contributed by atoms with Crippen LogP contribution >= 0.6 is 0 Å². The number of benzene rings is 2. The number of aryl methyl sites for hydroxylation is 1. The number of nitrogens with one attached hydrogen (secondary N) is 1. The molecule has 0 aliphatic rings. The van der Waals surface area contributed by atoms with E-state index in [1.54, 1.807) is 30.3 Å². The first-order valence-electron chi connectivity index (χ1n) is 10.3. The minimum Gasteiger partial charge on any atom is -0.494 e. The molecule has 0 atom stereocenters. The van der Waals surface area contributed by atoms with E-state index in [2.05, 4.69) is 15.2 Å². The number of hydrogen-bond donors (Lipinski definition) is 1. The van der Waals surface area contributed by atoms with Crippen LogP contribution in [-0.2, 0) is 16.1 Å². The molecular weight excluding hydrogens is 410 g/mol. The molecule has 8 heteroatoms. The van der Waals surface area contributed by atoms with Crippen molar-refractivity contribution in [3.63, 3.8) is 0 Å². The lowest BCUT2D eigenvalue weighted by atomic mass is 10.1. The highest BCUT2D eigenvalue weighted by Gasteiger charge is 2.08. The molecule has 1 heterocycles. The smallest absolute Gasteiger partial charge is 0.337 e. The van der Waals surface area contributed by atoms with Crippen LogP contribution in [0.25, 0.3) is 11.3 Å². The average Bonchev–Trinajstić information content (AvgIpc) is 2.81. The van der Waals surface area contributed by atoms with Crippen LogP contribution in [0.2, 0.25) is 0 Å². The molecule has 0 bridgehead atoms. The molecule has 32 heavy (non-hydrogen) atoms. The van der Waals surface area contributed by atoms with E-state index < -0.39 is 5.97 Å². The highest BCUT2D eigenvalue weighted by Crippen LogP contribution is 2.20. The molecule has 0 unspecified atom stereocenters. The Morgan fingerprint density at radius 2 is 1.72 bits per heavy atom. The van der Waals surface area contributed by atoms with Crippen LogP contribution in [0, 0.1) is 0 Å². The first-order chi connectivity index (χ1) is 15.5. The lowest BCUT2D eigenvalue weighted by Gasteiger charge is -2.09. The van der Waals surface area contributed by atoms with Crippen molar-refractivity contribution in [2.24, 2.45) is 0 Å². The van der Waals surface area contributed by atoms with Crippen molar-refractivity contribution < 1.29 is 19.1 Å². The molecule has 0 aliphatic heterocycles. The fraction of sp³-hybridized carbons (Fsp3) is 0.250. The summed E-state index contributed by atoms with van der Waals surface area (Å²) in [5.74, 6) is 0.148. The van der Waals surface area contributed by atoms with Gasteiger partial charge in [0.1, 0.15) is 5.75 Å². The third-order valence-corrected chi connectivity index (χ3v) is 4.69. The van der Waals surface area contributed by atoms with E-state index in [0.717, 1.165) is 11.3 Å². The van der Waals surface area contributed by atoms with Gasteiger partial charge < -0.3 is 14.8 Å². The quantitative estimate of drug-likeness (QED) is 0.517. The summed E-state index contributed by atoms with van der Waals surface area (Å²) in [6.45, 7) is 2.83. The maximum absolute atomic E-state index is 12.2. The van der Waals surface area contributed by atoms with E-state index >= 15 is 0 Å². The van der Waals surface area contributed by atoms with Crippen LogP contribution < -0.4 is 15.6 Å². The number of nitrogens with zero attached hydrogens (tertiary/aromatic N) is 2. The first kappa shape index (κ1) is 22.7. The Bertz CT molecular complexity index is 1120. The highest BCUT2D eigenvalue weighted by atomic mass is 16.5. The minimum atomic E-state index is -0.437. The van der Waals surface area contributed by atoms with E-state index in [9.17, 15) is 14.4 Å². The monoisotopic (exact) mass is 435 g/mol. The maximum Gasteiger partial charge on any atom is 0.337 e. The number of carbonyl (C=O) groups is 2. The molecule has 8 nitrogen and oxygen atoms in total. The number of carbonyl (C=O) groups excluding carboxylic acids is 2. The van der Waals surface area contributed by atoms with Crippen molar-refractivity contribution in [2.75, 3.05) is 19.0 Å². The van der Waals surface area contributed by atoms with Crippen LogP contribution in [0.4, 0.5) is 5.69 Å². The van der Waals surface area contributed by atoms with Crippen LogP contribution in [0.3, 0.4) is 0 Å². The second kappa shape index (κ2) is 10.9. The van der Waals surface area contributed by atoms with Gasteiger partial charge in [0.05, 0.1) is 25.0 Å². The molecule has 0 radical (unpaired) electrons. The van der Waals surface area contributed by atoms with Gasteiger partial charge in [-0.05, 0) is 67.9 Å². The Kier molecular flexibility index (Phi) is 7.75. The zero-order valence-corrected chi connectivity index (χ0v) is 18.0. The number of ether oxygens (including phenoxy) is 2. The Hall–Kier alpha value is -3.94. The second-order valence-corrected chi connectivity index (χ2v) is 6.96. The van der Waals surface area contributed by atoms with Gasteiger partial charge in [0, 0.05) is 30.3 Å². The summed E-state index contributed by atoms with van der Waals surface area (Å²) < 4.78 is 11.5. The van der Waals surface area contributed by atoms with Crippen molar-refractivity contribution in [3.8, 4) is 17.0 Å². The van der Waals surface area contributed by atoms with Gasteiger partial charge in [0.15, 0.2) is 0 Å². The van der Waals surface area contributed by atoms with Gasteiger partial charge in [-0.1, -0.05) is 0 Å².